The first-order valence-corrected chi connectivity index (χ1v) is 6.34. The number of hydrogen-bond acceptors (Lipinski definition) is 3. The molecule has 1 fully saturated rings. The van der Waals surface area contributed by atoms with Gasteiger partial charge in [-0.1, -0.05) is 0 Å². The van der Waals surface area contributed by atoms with Crippen molar-refractivity contribution in [3.63, 3.8) is 0 Å². The summed E-state index contributed by atoms with van der Waals surface area (Å²) in [5.74, 6) is 1.03. The number of nitrogens with one attached hydrogen (secondary N) is 2. The monoisotopic (exact) mass is 280 g/mol. The largest absolute Gasteiger partial charge is 0.341 e. The fourth-order valence-electron chi connectivity index (χ4n) is 2.19. The Morgan fingerprint density at radius 1 is 1.50 bits per heavy atom. The molecule has 2 aromatic heterocycles. The molecule has 1 aliphatic heterocycles. The van der Waals surface area contributed by atoms with Crippen LogP contribution in [0.15, 0.2) is 16.7 Å². The maximum Gasteiger partial charge on any atom is 0.177 e. The molecule has 1 unspecified atom stereocenters. The van der Waals surface area contributed by atoms with Crippen molar-refractivity contribution in [1.82, 2.24) is 20.3 Å². The molecule has 0 saturated carbocycles. The Labute approximate surface area is 102 Å². The summed E-state index contributed by atoms with van der Waals surface area (Å²) in [7, 11) is 0. The lowest BCUT2D eigenvalue weighted by molar-refractivity contribution is 0.589. The third-order valence-corrected chi connectivity index (χ3v) is 3.39. The van der Waals surface area contributed by atoms with Gasteiger partial charge in [-0.05, 0) is 41.4 Å². The maximum absolute atomic E-state index is 4.49. The molecule has 0 bridgehead atoms. The second kappa shape index (κ2) is 4.14. The molecule has 1 aliphatic rings. The number of nitrogens with zero attached hydrogens (tertiary/aromatic N) is 2. The standard InChI is InChI=1S/C11H13BrN4/c12-7-4-9-11(14-6-7)16-10(15-9)5-8-2-1-3-13-8/h4,6,8,13H,1-3,5H2,(H,14,15,16). The quantitative estimate of drug-likeness (QED) is 0.885. The Hall–Kier alpha value is -0.940. The first-order valence-electron chi connectivity index (χ1n) is 5.55. The van der Waals surface area contributed by atoms with Crippen molar-refractivity contribution in [1.29, 1.82) is 0 Å². The minimum absolute atomic E-state index is 0.573. The van der Waals surface area contributed by atoms with Gasteiger partial charge in [0, 0.05) is 23.1 Å². The molecule has 1 saturated heterocycles. The summed E-state index contributed by atoms with van der Waals surface area (Å²) in [5, 5.41) is 3.47. The van der Waals surface area contributed by atoms with E-state index in [0.29, 0.717) is 6.04 Å². The summed E-state index contributed by atoms with van der Waals surface area (Å²) in [5.41, 5.74) is 1.80. The molecular weight excluding hydrogens is 268 g/mol. The van der Waals surface area contributed by atoms with Crippen LogP contribution in [0.5, 0.6) is 0 Å². The Balaban J connectivity index is 1.86. The second-order valence-electron chi connectivity index (χ2n) is 4.21. The van der Waals surface area contributed by atoms with Gasteiger partial charge in [0.1, 0.15) is 5.82 Å². The van der Waals surface area contributed by atoms with Gasteiger partial charge < -0.3 is 10.3 Å². The lowest BCUT2D eigenvalue weighted by atomic mass is 10.1. The van der Waals surface area contributed by atoms with Gasteiger partial charge in [-0.25, -0.2) is 9.97 Å². The third-order valence-electron chi connectivity index (χ3n) is 2.96. The maximum atomic E-state index is 4.49. The van der Waals surface area contributed by atoms with E-state index in [9.17, 15) is 0 Å². The number of aromatic nitrogens is 3. The minimum atomic E-state index is 0.573. The van der Waals surface area contributed by atoms with E-state index in [1.54, 1.807) is 6.20 Å². The van der Waals surface area contributed by atoms with E-state index < -0.39 is 0 Å². The average Bonchev–Trinajstić information content (AvgIpc) is 2.86. The molecule has 0 amide bonds. The van der Waals surface area contributed by atoms with Crippen LogP contribution < -0.4 is 5.32 Å². The number of fused-ring (bicyclic) bond motifs is 1. The number of pyridine rings is 1. The van der Waals surface area contributed by atoms with Crippen LogP contribution in [0.3, 0.4) is 0 Å². The second-order valence-corrected chi connectivity index (χ2v) is 5.12. The zero-order valence-electron chi connectivity index (χ0n) is 8.83. The van der Waals surface area contributed by atoms with Crippen molar-refractivity contribution in [2.45, 2.75) is 25.3 Å². The topological polar surface area (TPSA) is 53.6 Å². The predicted octanol–water partition coefficient (Wildman–Crippen LogP) is 2.01. The van der Waals surface area contributed by atoms with Crippen LogP contribution in [0.1, 0.15) is 18.7 Å². The zero-order chi connectivity index (χ0) is 11.0. The molecule has 2 N–H and O–H groups in total. The fraction of sp³-hybridized carbons (Fsp3) is 0.455. The van der Waals surface area contributed by atoms with Crippen molar-refractivity contribution in [3.8, 4) is 0 Å². The Kier molecular flexibility index (Phi) is 2.65. The molecule has 0 aliphatic carbocycles. The molecule has 0 aromatic carbocycles. The van der Waals surface area contributed by atoms with E-state index in [-0.39, 0.29) is 0 Å². The molecule has 84 valence electrons. The van der Waals surface area contributed by atoms with Crippen molar-refractivity contribution in [2.24, 2.45) is 0 Å². The Bertz CT molecular complexity index is 502. The summed E-state index contributed by atoms with van der Waals surface area (Å²) >= 11 is 3.41. The minimum Gasteiger partial charge on any atom is -0.341 e. The lowest BCUT2D eigenvalue weighted by Crippen LogP contribution is -2.24. The van der Waals surface area contributed by atoms with Gasteiger partial charge in [-0.2, -0.15) is 0 Å². The van der Waals surface area contributed by atoms with Crippen LogP contribution in [0.25, 0.3) is 11.2 Å². The van der Waals surface area contributed by atoms with Gasteiger partial charge in [-0.15, -0.1) is 0 Å². The SMILES string of the molecule is Brc1cnc2nc(CC3CCCN3)[nH]c2c1. The molecule has 1 atom stereocenters. The summed E-state index contributed by atoms with van der Waals surface area (Å²) in [4.78, 5) is 12.1. The first kappa shape index (κ1) is 10.2. The molecule has 0 radical (unpaired) electrons. The van der Waals surface area contributed by atoms with E-state index in [0.717, 1.165) is 34.4 Å². The van der Waals surface area contributed by atoms with Gasteiger partial charge in [0.05, 0.1) is 5.52 Å². The van der Waals surface area contributed by atoms with Crippen molar-refractivity contribution in [3.05, 3.63) is 22.6 Å². The van der Waals surface area contributed by atoms with Crippen LogP contribution in [-0.2, 0) is 6.42 Å². The molecule has 0 spiro atoms. The van der Waals surface area contributed by atoms with Crippen LogP contribution in [0.4, 0.5) is 0 Å². The van der Waals surface area contributed by atoms with E-state index in [2.05, 4.69) is 36.2 Å². The van der Waals surface area contributed by atoms with Gasteiger partial charge in [0.25, 0.3) is 0 Å². The van der Waals surface area contributed by atoms with Crippen molar-refractivity contribution in [2.75, 3.05) is 6.54 Å². The molecule has 16 heavy (non-hydrogen) atoms. The normalized spacial score (nSPS) is 20.7. The number of hydrogen-bond donors (Lipinski definition) is 2. The van der Waals surface area contributed by atoms with Crippen molar-refractivity contribution >= 4 is 27.1 Å². The summed E-state index contributed by atoms with van der Waals surface area (Å²) in [6.45, 7) is 1.13. The first-order chi connectivity index (χ1) is 7.81. The predicted molar refractivity (Wildman–Crippen MR) is 66.3 cm³/mol. The van der Waals surface area contributed by atoms with Crippen LogP contribution in [0.2, 0.25) is 0 Å². The Morgan fingerprint density at radius 2 is 2.44 bits per heavy atom. The number of imidazole rings is 1. The number of rotatable bonds is 2. The molecule has 5 heteroatoms. The smallest absolute Gasteiger partial charge is 0.177 e. The molecule has 2 aromatic rings. The van der Waals surface area contributed by atoms with E-state index in [1.807, 2.05) is 6.07 Å². The summed E-state index contributed by atoms with van der Waals surface area (Å²) in [6.07, 6.45) is 5.26. The Morgan fingerprint density at radius 3 is 3.25 bits per heavy atom. The fourth-order valence-corrected chi connectivity index (χ4v) is 2.52. The highest BCUT2D eigenvalue weighted by Crippen LogP contribution is 2.17. The summed E-state index contributed by atoms with van der Waals surface area (Å²) in [6, 6.07) is 2.59. The van der Waals surface area contributed by atoms with Crippen LogP contribution >= 0.6 is 15.9 Å². The molecule has 3 heterocycles. The molecular formula is C11H13BrN4. The molecule has 4 nitrogen and oxygen atoms in total. The highest BCUT2D eigenvalue weighted by atomic mass is 79.9. The lowest BCUT2D eigenvalue weighted by Gasteiger charge is -2.06. The van der Waals surface area contributed by atoms with Gasteiger partial charge in [0.2, 0.25) is 0 Å². The van der Waals surface area contributed by atoms with Crippen LogP contribution in [-0.4, -0.2) is 27.5 Å². The van der Waals surface area contributed by atoms with E-state index >= 15 is 0 Å². The van der Waals surface area contributed by atoms with Crippen LogP contribution in [0, 0.1) is 0 Å². The van der Waals surface area contributed by atoms with E-state index in [1.165, 1.54) is 12.8 Å². The number of H-pyrrole nitrogens is 1. The van der Waals surface area contributed by atoms with Gasteiger partial charge in [-0.3, -0.25) is 0 Å². The van der Waals surface area contributed by atoms with Gasteiger partial charge >= 0.3 is 0 Å². The van der Waals surface area contributed by atoms with E-state index in [4.69, 9.17) is 0 Å². The van der Waals surface area contributed by atoms with Crippen molar-refractivity contribution < 1.29 is 0 Å². The molecule has 3 rings (SSSR count). The summed E-state index contributed by atoms with van der Waals surface area (Å²) < 4.78 is 0.981. The highest BCUT2D eigenvalue weighted by molar-refractivity contribution is 9.10. The average molecular weight is 281 g/mol. The number of aromatic amines is 1. The third kappa shape index (κ3) is 1.97. The highest BCUT2D eigenvalue weighted by Gasteiger charge is 2.16. The zero-order valence-corrected chi connectivity index (χ0v) is 10.4. The van der Waals surface area contributed by atoms with Gasteiger partial charge in [0.15, 0.2) is 5.65 Å². The number of halogens is 1.